The van der Waals surface area contributed by atoms with Gasteiger partial charge in [0.1, 0.15) is 0 Å². The number of carbonyl (C=O) groups is 2. The van der Waals surface area contributed by atoms with Gasteiger partial charge in [-0.1, -0.05) is 38.3 Å². The lowest BCUT2D eigenvalue weighted by molar-refractivity contribution is 0.0480. The highest BCUT2D eigenvalue weighted by atomic mass is 16.5. The highest BCUT2D eigenvalue weighted by Crippen LogP contribution is 2.12. The molecule has 0 heterocycles. The summed E-state index contributed by atoms with van der Waals surface area (Å²) in [4.78, 5) is 23.4. The maximum absolute atomic E-state index is 11.9. The van der Waals surface area contributed by atoms with E-state index in [-0.39, 0.29) is 11.1 Å². The first-order chi connectivity index (χ1) is 9.20. The van der Waals surface area contributed by atoms with Crippen LogP contribution in [-0.4, -0.2) is 25.7 Å². The largest absolute Gasteiger partial charge is 0.465 e. The van der Waals surface area contributed by atoms with E-state index in [1.807, 2.05) is 0 Å². The average Bonchev–Trinajstić information content (AvgIpc) is 2.46. The Morgan fingerprint density at radius 1 is 1.00 bits per heavy atom. The lowest BCUT2D eigenvalue weighted by Crippen LogP contribution is -2.13. The van der Waals surface area contributed by atoms with Gasteiger partial charge in [0.2, 0.25) is 0 Å². The topological polar surface area (TPSA) is 52.6 Å². The third kappa shape index (κ3) is 4.73. The molecule has 0 fully saturated rings. The Labute approximate surface area is 113 Å². The molecule has 0 saturated heterocycles. The monoisotopic (exact) mass is 264 g/mol. The van der Waals surface area contributed by atoms with E-state index in [4.69, 9.17) is 4.74 Å². The molecule has 0 N–H and O–H groups in total. The maximum atomic E-state index is 11.9. The van der Waals surface area contributed by atoms with Crippen molar-refractivity contribution in [1.29, 1.82) is 0 Å². The zero-order chi connectivity index (χ0) is 14.1. The Kier molecular flexibility index (Phi) is 6.64. The summed E-state index contributed by atoms with van der Waals surface area (Å²) in [5.74, 6) is -1.00. The predicted molar refractivity (Wildman–Crippen MR) is 72.2 cm³/mol. The van der Waals surface area contributed by atoms with E-state index in [2.05, 4.69) is 11.7 Å². The molecule has 1 aromatic rings. The zero-order valence-electron chi connectivity index (χ0n) is 11.5. The first-order valence-electron chi connectivity index (χ1n) is 6.55. The summed E-state index contributed by atoms with van der Waals surface area (Å²) in [6, 6.07) is 6.50. The van der Waals surface area contributed by atoms with Crippen LogP contribution in [-0.2, 0) is 9.47 Å². The summed E-state index contributed by atoms with van der Waals surface area (Å²) >= 11 is 0. The summed E-state index contributed by atoms with van der Waals surface area (Å²) in [7, 11) is 1.29. The van der Waals surface area contributed by atoms with Crippen LogP contribution in [0.5, 0.6) is 0 Å². The first kappa shape index (κ1) is 15.2. The van der Waals surface area contributed by atoms with E-state index in [1.54, 1.807) is 24.3 Å². The van der Waals surface area contributed by atoms with Crippen molar-refractivity contribution in [2.45, 2.75) is 32.6 Å². The van der Waals surface area contributed by atoms with Crippen LogP contribution >= 0.6 is 0 Å². The van der Waals surface area contributed by atoms with Crippen LogP contribution in [0.4, 0.5) is 0 Å². The normalized spacial score (nSPS) is 10.0. The number of methoxy groups -OCH3 is 1. The molecule has 0 aliphatic carbocycles. The smallest absolute Gasteiger partial charge is 0.339 e. The van der Waals surface area contributed by atoms with Gasteiger partial charge < -0.3 is 9.47 Å². The van der Waals surface area contributed by atoms with E-state index >= 15 is 0 Å². The van der Waals surface area contributed by atoms with E-state index < -0.39 is 11.9 Å². The molecular formula is C15H20O4. The van der Waals surface area contributed by atoms with Crippen molar-refractivity contribution in [3.63, 3.8) is 0 Å². The van der Waals surface area contributed by atoms with Crippen molar-refractivity contribution >= 4 is 11.9 Å². The summed E-state index contributed by atoms with van der Waals surface area (Å²) in [5.41, 5.74) is 0.494. The van der Waals surface area contributed by atoms with Gasteiger partial charge in [-0.2, -0.15) is 0 Å². The number of ether oxygens (including phenoxy) is 2. The van der Waals surface area contributed by atoms with Gasteiger partial charge in [-0.3, -0.25) is 0 Å². The van der Waals surface area contributed by atoms with Gasteiger partial charge in [0.05, 0.1) is 24.8 Å². The molecule has 1 rings (SSSR count). The second-order valence-electron chi connectivity index (χ2n) is 4.23. The van der Waals surface area contributed by atoms with Gasteiger partial charge in [-0.05, 0) is 18.6 Å². The van der Waals surface area contributed by atoms with Gasteiger partial charge in [-0.25, -0.2) is 9.59 Å². The Balaban J connectivity index is 2.59. The van der Waals surface area contributed by atoms with Crippen LogP contribution in [0.25, 0.3) is 0 Å². The number of benzene rings is 1. The van der Waals surface area contributed by atoms with E-state index in [9.17, 15) is 9.59 Å². The number of carbonyl (C=O) groups excluding carboxylic acids is 2. The molecule has 0 bridgehead atoms. The molecule has 4 heteroatoms. The molecule has 104 valence electrons. The number of rotatable bonds is 7. The van der Waals surface area contributed by atoms with Gasteiger partial charge in [-0.15, -0.1) is 0 Å². The van der Waals surface area contributed by atoms with Gasteiger partial charge >= 0.3 is 11.9 Å². The summed E-state index contributed by atoms with van der Waals surface area (Å²) in [5, 5.41) is 0. The van der Waals surface area contributed by atoms with Crippen LogP contribution in [0, 0.1) is 0 Å². The lowest BCUT2D eigenvalue weighted by atomic mass is 10.1. The Bertz CT molecular complexity index is 426. The second-order valence-corrected chi connectivity index (χ2v) is 4.23. The Morgan fingerprint density at radius 3 is 2.21 bits per heavy atom. The van der Waals surface area contributed by atoms with E-state index in [0.29, 0.717) is 6.61 Å². The molecule has 0 atom stereocenters. The summed E-state index contributed by atoms with van der Waals surface area (Å²) < 4.78 is 9.80. The average molecular weight is 264 g/mol. The quantitative estimate of drug-likeness (QED) is 0.560. The summed E-state index contributed by atoms with van der Waals surface area (Å²) in [6.07, 6.45) is 4.16. The van der Waals surface area contributed by atoms with E-state index in [1.165, 1.54) is 7.11 Å². The van der Waals surface area contributed by atoms with Crippen molar-refractivity contribution in [2.24, 2.45) is 0 Å². The van der Waals surface area contributed by atoms with Crippen molar-refractivity contribution < 1.29 is 19.1 Å². The SMILES string of the molecule is CCCCCCOC(=O)c1ccccc1C(=O)OC. The molecule has 1 aromatic carbocycles. The third-order valence-electron chi connectivity index (χ3n) is 2.78. The molecule has 0 aromatic heterocycles. The van der Waals surface area contributed by atoms with Crippen LogP contribution < -0.4 is 0 Å². The highest BCUT2D eigenvalue weighted by molar-refractivity contribution is 6.03. The van der Waals surface area contributed by atoms with Crippen molar-refractivity contribution in [3.05, 3.63) is 35.4 Å². The molecule has 0 amide bonds. The fraction of sp³-hybridized carbons (Fsp3) is 0.467. The molecule has 19 heavy (non-hydrogen) atoms. The van der Waals surface area contributed by atoms with Crippen LogP contribution in [0.1, 0.15) is 53.3 Å². The molecule has 0 spiro atoms. The molecule has 0 aliphatic heterocycles. The summed E-state index contributed by atoms with van der Waals surface area (Å²) in [6.45, 7) is 2.51. The fourth-order valence-corrected chi connectivity index (χ4v) is 1.72. The van der Waals surface area contributed by atoms with Crippen LogP contribution in [0.3, 0.4) is 0 Å². The lowest BCUT2D eigenvalue weighted by Gasteiger charge is -2.08. The molecule has 0 unspecified atom stereocenters. The predicted octanol–water partition coefficient (Wildman–Crippen LogP) is 3.21. The number of hydrogen-bond acceptors (Lipinski definition) is 4. The molecule has 0 saturated carbocycles. The standard InChI is InChI=1S/C15H20O4/c1-3-4-5-8-11-19-15(17)13-10-7-6-9-12(13)14(16)18-2/h6-7,9-10H,3-5,8,11H2,1-2H3. The minimum Gasteiger partial charge on any atom is -0.465 e. The van der Waals surface area contributed by atoms with Crippen LogP contribution in [0.2, 0.25) is 0 Å². The minimum atomic E-state index is -0.529. The minimum absolute atomic E-state index is 0.239. The number of esters is 2. The number of unbranched alkanes of at least 4 members (excludes halogenated alkanes) is 3. The Morgan fingerprint density at radius 2 is 1.63 bits per heavy atom. The number of hydrogen-bond donors (Lipinski definition) is 0. The molecule has 4 nitrogen and oxygen atoms in total. The Hall–Kier alpha value is -1.84. The second kappa shape index (κ2) is 8.29. The molecular weight excluding hydrogens is 244 g/mol. The first-order valence-corrected chi connectivity index (χ1v) is 6.55. The molecule has 0 aliphatic rings. The van der Waals surface area contributed by atoms with Crippen molar-refractivity contribution in [2.75, 3.05) is 13.7 Å². The van der Waals surface area contributed by atoms with Crippen molar-refractivity contribution in [3.8, 4) is 0 Å². The molecule has 0 radical (unpaired) electrons. The maximum Gasteiger partial charge on any atom is 0.339 e. The van der Waals surface area contributed by atoms with Crippen molar-refractivity contribution in [1.82, 2.24) is 0 Å². The van der Waals surface area contributed by atoms with Gasteiger partial charge in [0.15, 0.2) is 0 Å². The van der Waals surface area contributed by atoms with E-state index in [0.717, 1.165) is 25.7 Å². The zero-order valence-corrected chi connectivity index (χ0v) is 11.5. The van der Waals surface area contributed by atoms with Gasteiger partial charge in [0, 0.05) is 0 Å². The fourth-order valence-electron chi connectivity index (χ4n) is 1.72. The van der Waals surface area contributed by atoms with Gasteiger partial charge in [0.25, 0.3) is 0 Å². The third-order valence-corrected chi connectivity index (χ3v) is 2.78. The highest BCUT2D eigenvalue weighted by Gasteiger charge is 2.17. The van der Waals surface area contributed by atoms with Crippen LogP contribution in [0.15, 0.2) is 24.3 Å².